The maximum Gasteiger partial charge on any atom is 0.173 e. The van der Waals surface area contributed by atoms with Crippen LogP contribution in [0, 0.1) is 0 Å². The maximum absolute atomic E-state index is 10.6. The van der Waals surface area contributed by atoms with Gasteiger partial charge < -0.3 is 41.8 Å². The van der Waals surface area contributed by atoms with Crippen molar-refractivity contribution < 1.29 is 19.3 Å². The molecule has 0 amide bonds. The van der Waals surface area contributed by atoms with E-state index in [-0.39, 0.29) is 36.4 Å². The molecule has 9 atom stereocenters. The Labute approximate surface area is 138 Å². The number of hydrogen-bond acceptors (Lipinski definition) is 8. The highest BCUT2D eigenvalue weighted by Crippen LogP contribution is 2.28. The number of hydrogen-bond donors (Lipinski definition) is 5. The van der Waals surface area contributed by atoms with Crippen LogP contribution in [0.15, 0.2) is 0 Å². The van der Waals surface area contributed by atoms with Crippen LogP contribution in [0.25, 0.3) is 0 Å². The smallest absolute Gasteiger partial charge is 0.173 e. The second kappa shape index (κ2) is 8.17. The SMILES string of the molecule is CNC1C(O)C(OC2OC(C(C)N)CCC2N)CC(N)C1OC. The lowest BCUT2D eigenvalue weighted by molar-refractivity contribution is -0.251. The first-order valence-corrected chi connectivity index (χ1v) is 8.34. The van der Waals surface area contributed by atoms with Crippen LogP contribution < -0.4 is 22.5 Å². The Balaban J connectivity index is 2.03. The van der Waals surface area contributed by atoms with Gasteiger partial charge in [-0.1, -0.05) is 0 Å². The van der Waals surface area contributed by atoms with Crippen molar-refractivity contribution in [2.45, 2.75) is 81.1 Å². The van der Waals surface area contributed by atoms with Crippen molar-refractivity contribution in [2.24, 2.45) is 17.2 Å². The molecule has 0 bridgehead atoms. The summed E-state index contributed by atoms with van der Waals surface area (Å²) in [6.45, 7) is 1.91. The van der Waals surface area contributed by atoms with Crippen molar-refractivity contribution in [3.05, 3.63) is 0 Å². The molecular weight excluding hydrogens is 300 g/mol. The molecule has 0 radical (unpaired) electrons. The first-order valence-electron chi connectivity index (χ1n) is 8.34. The van der Waals surface area contributed by atoms with E-state index in [1.165, 1.54) is 0 Å². The molecule has 0 aromatic rings. The van der Waals surface area contributed by atoms with Crippen LogP contribution in [0.5, 0.6) is 0 Å². The fourth-order valence-corrected chi connectivity index (χ4v) is 3.55. The van der Waals surface area contributed by atoms with Crippen LogP contribution in [-0.4, -0.2) is 74.1 Å². The van der Waals surface area contributed by atoms with Crippen molar-refractivity contribution in [1.82, 2.24) is 5.32 Å². The molecule has 8 N–H and O–H groups in total. The summed E-state index contributed by atoms with van der Waals surface area (Å²) in [5.74, 6) is 0. The van der Waals surface area contributed by atoms with Crippen molar-refractivity contribution in [3.63, 3.8) is 0 Å². The minimum absolute atomic E-state index is 0.0824. The minimum Gasteiger partial charge on any atom is -0.389 e. The molecule has 8 nitrogen and oxygen atoms in total. The zero-order valence-corrected chi connectivity index (χ0v) is 14.2. The second-order valence-corrected chi connectivity index (χ2v) is 6.72. The van der Waals surface area contributed by atoms with Gasteiger partial charge >= 0.3 is 0 Å². The molecule has 1 saturated heterocycles. The molecule has 0 aromatic carbocycles. The van der Waals surface area contributed by atoms with E-state index in [0.717, 1.165) is 12.8 Å². The topological polar surface area (TPSA) is 138 Å². The van der Waals surface area contributed by atoms with Crippen molar-refractivity contribution in [2.75, 3.05) is 14.2 Å². The number of nitrogens with two attached hydrogens (primary N) is 3. The van der Waals surface area contributed by atoms with E-state index in [1.807, 2.05) is 6.92 Å². The summed E-state index contributed by atoms with van der Waals surface area (Å²) in [4.78, 5) is 0. The lowest BCUT2D eigenvalue weighted by Crippen LogP contribution is -2.65. The summed E-state index contributed by atoms with van der Waals surface area (Å²) in [6.07, 6.45) is -0.0734. The maximum atomic E-state index is 10.6. The Bertz CT molecular complexity index is 373. The zero-order valence-electron chi connectivity index (χ0n) is 14.2. The molecule has 1 saturated carbocycles. The molecule has 2 fully saturated rings. The second-order valence-electron chi connectivity index (χ2n) is 6.72. The van der Waals surface area contributed by atoms with Gasteiger partial charge in [-0.15, -0.1) is 0 Å². The lowest BCUT2D eigenvalue weighted by atomic mass is 9.84. The number of ether oxygens (including phenoxy) is 3. The van der Waals surface area contributed by atoms with E-state index in [1.54, 1.807) is 14.2 Å². The monoisotopic (exact) mass is 332 g/mol. The highest BCUT2D eigenvalue weighted by atomic mass is 16.7. The third-order valence-corrected chi connectivity index (χ3v) is 4.97. The summed E-state index contributed by atoms with van der Waals surface area (Å²) < 4.78 is 17.3. The Hall–Kier alpha value is -0.320. The molecule has 0 spiro atoms. The molecule has 136 valence electrons. The van der Waals surface area contributed by atoms with E-state index in [9.17, 15) is 5.11 Å². The molecule has 1 heterocycles. The molecule has 9 unspecified atom stereocenters. The summed E-state index contributed by atoms with van der Waals surface area (Å²) in [5, 5.41) is 13.7. The number of aliphatic hydroxyl groups excluding tert-OH is 1. The molecular formula is C15H32N4O4. The van der Waals surface area contributed by atoms with Gasteiger partial charge in [0, 0.05) is 19.2 Å². The summed E-state index contributed by atoms with van der Waals surface area (Å²) >= 11 is 0. The Morgan fingerprint density at radius 1 is 1.26 bits per heavy atom. The first-order chi connectivity index (χ1) is 10.9. The van der Waals surface area contributed by atoms with Gasteiger partial charge in [-0.3, -0.25) is 0 Å². The van der Waals surface area contributed by atoms with Crippen LogP contribution in [0.3, 0.4) is 0 Å². The third-order valence-electron chi connectivity index (χ3n) is 4.97. The highest BCUT2D eigenvalue weighted by Gasteiger charge is 2.45. The van der Waals surface area contributed by atoms with Crippen LogP contribution in [0.4, 0.5) is 0 Å². The molecule has 1 aliphatic heterocycles. The van der Waals surface area contributed by atoms with Crippen molar-refractivity contribution >= 4 is 0 Å². The van der Waals surface area contributed by atoms with Crippen molar-refractivity contribution in [3.8, 4) is 0 Å². The third kappa shape index (κ3) is 4.21. The fourth-order valence-electron chi connectivity index (χ4n) is 3.55. The molecule has 2 rings (SSSR count). The molecule has 2 aliphatic rings. The van der Waals surface area contributed by atoms with E-state index in [2.05, 4.69) is 5.32 Å². The summed E-state index contributed by atoms with van der Waals surface area (Å²) in [7, 11) is 3.36. The Morgan fingerprint density at radius 2 is 1.96 bits per heavy atom. The number of nitrogens with one attached hydrogen (secondary N) is 1. The quantitative estimate of drug-likeness (QED) is 0.399. The van der Waals surface area contributed by atoms with Gasteiger partial charge in [-0.05, 0) is 33.2 Å². The first kappa shape index (κ1) is 19.0. The fraction of sp³-hybridized carbons (Fsp3) is 1.00. The molecule has 0 aromatic heterocycles. The van der Waals surface area contributed by atoms with Gasteiger partial charge in [0.15, 0.2) is 6.29 Å². The molecule has 8 heteroatoms. The van der Waals surface area contributed by atoms with Crippen LogP contribution in [0.1, 0.15) is 26.2 Å². The Morgan fingerprint density at radius 3 is 2.52 bits per heavy atom. The van der Waals surface area contributed by atoms with Gasteiger partial charge in [-0.2, -0.15) is 0 Å². The van der Waals surface area contributed by atoms with Crippen LogP contribution in [-0.2, 0) is 14.2 Å². The highest BCUT2D eigenvalue weighted by molar-refractivity contribution is 5.00. The average molecular weight is 332 g/mol. The van der Waals surface area contributed by atoms with E-state index < -0.39 is 18.5 Å². The van der Waals surface area contributed by atoms with Crippen LogP contribution in [0.2, 0.25) is 0 Å². The van der Waals surface area contributed by atoms with E-state index in [0.29, 0.717) is 6.42 Å². The number of likely N-dealkylation sites (N-methyl/N-ethyl adjacent to an activating group) is 1. The van der Waals surface area contributed by atoms with Gasteiger partial charge in [-0.25, -0.2) is 0 Å². The predicted molar refractivity (Wildman–Crippen MR) is 86.6 cm³/mol. The Kier molecular flexibility index (Phi) is 6.76. The largest absolute Gasteiger partial charge is 0.389 e. The normalized spacial score (nSPS) is 46.6. The van der Waals surface area contributed by atoms with Gasteiger partial charge in [0.25, 0.3) is 0 Å². The number of aliphatic hydroxyl groups is 1. The zero-order chi connectivity index (χ0) is 17.1. The summed E-state index contributed by atoms with van der Waals surface area (Å²) in [5.41, 5.74) is 18.2. The predicted octanol–water partition coefficient (Wildman–Crippen LogP) is -1.75. The van der Waals surface area contributed by atoms with E-state index in [4.69, 9.17) is 31.4 Å². The van der Waals surface area contributed by atoms with Gasteiger partial charge in [0.1, 0.15) is 0 Å². The van der Waals surface area contributed by atoms with Gasteiger partial charge in [0.05, 0.1) is 36.5 Å². The average Bonchev–Trinajstić information content (AvgIpc) is 2.51. The number of methoxy groups -OCH3 is 1. The van der Waals surface area contributed by atoms with Gasteiger partial charge in [0.2, 0.25) is 0 Å². The number of rotatable bonds is 5. The standard InChI is InChI=1S/C15H32N4O4/c1-7(16)10-5-4-8(17)15(22-10)23-11-6-9(18)14(21-3)12(19-2)13(11)20/h7-15,19-20H,4-6,16-18H2,1-3H3. The van der Waals surface area contributed by atoms with E-state index >= 15 is 0 Å². The molecule has 23 heavy (non-hydrogen) atoms. The summed E-state index contributed by atoms with van der Waals surface area (Å²) in [6, 6.07) is -0.871. The van der Waals surface area contributed by atoms with Crippen molar-refractivity contribution in [1.29, 1.82) is 0 Å². The lowest BCUT2D eigenvalue weighted by Gasteiger charge is -2.45. The molecule has 1 aliphatic carbocycles. The van der Waals surface area contributed by atoms with Crippen LogP contribution >= 0.6 is 0 Å². The minimum atomic E-state index is -0.753.